The van der Waals surface area contributed by atoms with Gasteiger partial charge in [-0.3, -0.25) is 4.79 Å². The van der Waals surface area contributed by atoms with Gasteiger partial charge in [-0.2, -0.15) is 0 Å². The number of benzene rings is 1. The molecule has 0 radical (unpaired) electrons. The first-order valence-corrected chi connectivity index (χ1v) is 8.16. The van der Waals surface area contributed by atoms with Crippen LogP contribution in [0.2, 0.25) is 5.02 Å². The van der Waals surface area contributed by atoms with Crippen LogP contribution in [0, 0.1) is 0 Å². The van der Waals surface area contributed by atoms with Gasteiger partial charge in [0.2, 0.25) is 5.91 Å². The summed E-state index contributed by atoms with van der Waals surface area (Å²) in [5.74, 6) is 0.804. The van der Waals surface area contributed by atoms with E-state index in [0.29, 0.717) is 28.2 Å². The summed E-state index contributed by atoms with van der Waals surface area (Å²) in [4.78, 5) is 17.4. The van der Waals surface area contributed by atoms with Crippen molar-refractivity contribution in [3.05, 3.63) is 33.3 Å². The Kier molecular flexibility index (Phi) is 4.32. The number of amides is 1. The number of nitrogens with two attached hydrogens (primary N) is 1. The Morgan fingerprint density at radius 2 is 2.17 bits per heavy atom. The van der Waals surface area contributed by atoms with E-state index >= 15 is 0 Å². The number of nitrogens with zero attached hydrogens (tertiary/aromatic N) is 1. The molecule has 0 fully saturated rings. The Labute approximate surface area is 142 Å². The number of thiazole rings is 1. The maximum Gasteiger partial charge on any atom is 0.221 e. The van der Waals surface area contributed by atoms with Crippen LogP contribution in [-0.2, 0) is 11.3 Å². The number of rotatable bonds is 3. The highest BCUT2D eigenvalue weighted by atomic mass is 35.5. The zero-order valence-electron chi connectivity index (χ0n) is 12.7. The highest BCUT2D eigenvalue weighted by Crippen LogP contribution is 2.45. The molecule has 1 aromatic heterocycles. The first-order valence-electron chi connectivity index (χ1n) is 6.96. The molecule has 1 aromatic carbocycles. The van der Waals surface area contributed by atoms with Gasteiger partial charge in [0, 0.05) is 33.9 Å². The minimum atomic E-state index is -0.232. The lowest BCUT2D eigenvalue weighted by Crippen LogP contribution is -2.21. The van der Waals surface area contributed by atoms with Crippen molar-refractivity contribution in [3.8, 4) is 11.5 Å². The molecule has 8 heteroatoms. The third kappa shape index (κ3) is 2.94. The van der Waals surface area contributed by atoms with Gasteiger partial charge in [0.25, 0.3) is 0 Å². The Morgan fingerprint density at radius 3 is 2.87 bits per heavy atom. The standard InChI is InChI=1S/C15H16ClN3O3S/c1-21-11-4-7(16)3-8(13(11)22-2)9-5-12(20)18-6-10-14(9)23-15(17)19-10/h3-4,9H,5-6H2,1-2H3,(H2,17,19)(H,18,20). The molecule has 6 nitrogen and oxygen atoms in total. The minimum Gasteiger partial charge on any atom is -0.493 e. The van der Waals surface area contributed by atoms with E-state index in [1.165, 1.54) is 11.3 Å². The van der Waals surface area contributed by atoms with Crippen molar-refractivity contribution in [2.24, 2.45) is 0 Å². The zero-order valence-corrected chi connectivity index (χ0v) is 14.3. The van der Waals surface area contributed by atoms with E-state index in [9.17, 15) is 4.79 Å². The number of halogens is 1. The fourth-order valence-corrected chi connectivity index (χ4v) is 3.97. The molecule has 1 amide bonds. The number of methoxy groups -OCH3 is 2. The second-order valence-corrected chi connectivity index (χ2v) is 6.63. The molecule has 3 rings (SSSR count). The average molecular weight is 354 g/mol. The molecule has 122 valence electrons. The smallest absolute Gasteiger partial charge is 0.221 e. The van der Waals surface area contributed by atoms with Crippen molar-refractivity contribution >= 4 is 34.0 Å². The lowest BCUT2D eigenvalue weighted by atomic mass is 9.92. The van der Waals surface area contributed by atoms with Crippen LogP contribution in [0.4, 0.5) is 5.13 Å². The molecule has 2 aromatic rings. The normalized spacial score (nSPS) is 17.2. The van der Waals surface area contributed by atoms with Crippen LogP contribution in [0.25, 0.3) is 0 Å². The van der Waals surface area contributed by atoms with Gasteiger partial charge in [0.05, 0.1) is 26.5 Å². The summed E-state index contributed by atoms with van der Waals surface area (Å²) in [7, 11) is 3.11. The van der Waals surface area contributed by atoms with Gasteiger partial charge >= 0.3 is 0 Å². The van der Waals surface area contributed by atoms with Crippen LogP contribution in [0.5, 0.6) is 11.5 Å². The highest BCUT2D eigenvalue weighted by Gasteiger charge is 2.31. The molecule has 1 atom stereocenters. The van der Waals surface area contributed by atoms with Crippen LogP contribution < -0.4 is 20.5 Å². The molecular formula is C15H16ClN3O3S. The summed E-state index contributed by atoms with van der Waals surface area (Å²) < 4.78 is 10.9. The van der Waals surface area contributed by atoms with Gasteiger partial charge in [-0.05, 0) is 6.07 Å². The predicted molar refractivity (Wildman–Crippen MR) is 89.4 cm³/mol. The Bertz CT molecular complexity index is 763. The largest absolute Gasteiger partial charge is 0.493 e. The maximum atomic E-state index is 12.1. The summed E-state index contributed by atoms with van der Waals surface area (Å²) >= 11 is 7.60. The number of ether oxygens (including phenoxy) is 2. The van der Waals surface area contributed by atoms with E-state index in [1.807, 2.05) is 0 Å². The number of anilines is 1. The van der Waals surface area contributed by atoms with E-state index in [-0.39, 0.29) is 18.2 Å². The number of carbonyl (C=O) groups excluding carboxylic acids is 1. The van der Waals surface area contributed by atoms with E-state index in [2.05, 4.69) is 10.3 Å². The minimum absolute atomic E-state index is 0.0558. The molecule has 0 saturated carbocycles. The van der Waals surface area contributed by atoms with E-state index in [0.717, 1.165) is 16.1 Å². The van der Waals surface area contributed by atoms with Gasteiger partial charge in [0.15, 0.2) is 16.6 Å². The van der Waals surface area contributed by atoms with Crippen molar-refractivity contribution < 1.29 is 14.3 Å². The molecule has 0 saturated heterocycles. The Morgan fingerprint density at radius 1 is 1.39 bits per heavy atom. The van der Waals surface area contributed by atoms with E-state index in [1.54, 1.807) is 26.4 Å². The summed E-state index contributed by atoms with van der Waals surface area (Å²) in [6, 6.07) is 3.48. The monoisotopic (exact) mass is 353 g/mol. The number of nitrogen functional groups attached to an aromatic ring is 1. The predicted octanol–water partition coefficient (Wildman–Crippen LogP) is 2.55. The molecule has 0 aliphatic carbocycles. The number of carbonyl (C=O) groups is 1. The quantitative estimate of drug-likeness (QED) is 0.885. The fraction of sp³-hybridized carbons (Fsp3) is 0.333. The van der Waals surface area contributed by atoms with Gasteiger partial charge < -0.3 is 20.5 Å². The molecule has 1 unspecified atom stereocenters. The van der Waals surface area contributed by atoms with Gasteiger partial charge in [-0.25, -0.2) is 4.98 Å². The summed E-state index contributed by atoms with van der Waals surface area (Å²) in [6.45, 7) is 0.373. The molecule has 0 spiro atoms. The molecule has 1 aliphatic rings. The Hall–Kier alpha value is -1.99. The topological polar surface area (TPSA) is 86.5 Å². The van der Waals surface area contributed by atoms with Crippen molar-refractivity contribution in [2.75, 3.05) is 20.0 Å². The molecular weight excluding hydrogens is 338 g/mol. The van der Waals surface area contributed by atoms with Gasteiger partial charge in [-0.1, -0.05) is 11.6 Å². The summed E-state index contributed by atoms with van der Waals surface area (Å²) in [6.07, 6.45) is 0.272. The van der Waals surface area contributed by atoms with Crippen molar-refractivity contribution in [1.82, 2.24) is 10.3 Å². The van der Waals surface area contributed by atoms with Crippen molar-refractivity contribution in [1.29, 1.82) is 0 Å². The molecule has 3 N–H and O–H groups in total. The number of hydrogen-bond acceptors (Lipinski definition) is 6. The number of nitrogens with one attached hydrogen (secondary N) is 1. The van der Waals surface area contributed by atoms with Crippen LogP contribution in [0.15, 0.2) is 12.1 Å². The van der Waals surface area contributed by atoms with E-state index < -0.39 is 0 Å². The van der Waals surface area contributed by atoms with Crippen LogP contribution in [0.1, 0.15) is 28.5 Å². The number of fused-ring (bicyclic) bond motifs is 1. The second-order valence-electron chi connectivity index (χ2n) is 5.13. The average Bonchev–Trinajstić information content (AvgIpc) is 2.83. The van der Waals surface area contributed by atoms with Crippen molar-refractivity contribution in [3.63, 3.8) is 0 Å². The lowest BCUT2D eigenvalue weighted by molar-refractivity contribution is -0.121. The summed E-state index contributed by atoms with van der Waals surface area (Å²) in [5, 5.41) is 3.83. The molecule has 0 bridgehead atoms. The van der Waals surface area contributed by atoms with E-state index in [4.69, 9.17) is 26.8 Å². The third-order valence-electron chi connectivity index (χ3n) is 3.75. The fourth-order valence-electron chi connectivity index (χ4n) is 2.78. The summed E-state index contributed by atoms with van der Waals surface area (Å²) in [5.41, 5.74) is 7.43. The first-order chi connectivity index (χ1) is 11.0. The SMILES string of the molecule is COc1cc(Cl)cc(C2CC(=O)NCc3nc(N)sc32)c1OC. The maximum absolute atomic E-state index is 12.1. The Balaban J connectivity index is 2.19. The zero-order chi connectivity index (χ0) is 16.6. The highest BCUT2D eigenvalue weighted by molar-refractivity contribution is 7.15. The van der Waals surface area contributed by atoms with Gasteiger partial charge in [0.1, 0.15) is 0 Å². The third-order valence-corrected chi connectivity index (χ3v) is 5.01. The second kappa shape index (κ2) is 6.25. The van der Waals surface area contributed by atoms with Crippen LogP contribution in [-0.4, -0.2) is 25.1 Å². The van der Waals surface area contributed by atoms with Crippen LogP contribution in [0.3, 0.4) is 0 Å². The lowest BCUT2D eigenvalue weighted by Gasteiger charge is -2.19. The van der Waals surface area contributed by atoms with Crippen molar-refractivity contribution in [2.45, 2.75) is 18.9 Å². The molecule has 2 heterocycles. The molecule has 23 heavy (non-hydrogen) atoms. The van der Waals surface area contributed by atoms with Gasteiger partial charge in [-0.15, -0.1) is 11.3 Å². The molecule has 1 aliphatic heterocycles. The van der Waals surface area contributed by atoms with Crippen LogP contribution >= 0.6 is 22.9 Å². The number of hydrogen-bond donors (Lipinski definition) is 2. The number of aromatic nitrogens is 1. The first kappa shape index (κ1) is 15.9.